The summed E-state index contributed by atoms with van der Waals surface area (Å²) in [7, 11) is 0. The Morgan fingerprint density at radius 3 is 2.10 bits per heavy atom. The quantitative estimate of drug-likeness (QED) is 0.710. The van der Waals surface area contributed by atoms with Gasteiger partial charge >= 0.3 is 0 Å². The summed E-state index contributed by atoms with van der Waals surface area (Å²) < 4.78 is 45.6. The van der Waals surface area contributed by atoms with Crippen LogP contribution in [0.1, 0.15) is 22.9 Å². The molecule has 0 aliphatic heterocycles. The normalized spacial score (nSPS) is 12.2. The van der Waals surface area contributed by atoms with E-state index in [2.05, 4.69) is 15.9 Å². The molecule has 0 fully saturated rings. The van der Waals surface area contributed by atoms with Crippen molar-refractivity contribution >= 4 is 15.9 Å². The van der Waals surface area contributed by atoms with Gasteiger partial charge in [-0.05, 0) is 24.6 Å². The molecule has 20 heavy (non-hydrogen) atoms. The maximum absolute atomic E-state index is 13.7. The Morgan fingerprint density at radius 1 is 1.05 bits per heavy atom. The van der Waals surface area contributed by atoms with Crippen LogP contribution < -0.4 is 4.74 Å². The van der Waals surface area contributed by atoms with Gasteiger partial charge in [-0.25, -0.2) is 13.2 Å². The van der Waals surface area contributed by atoms with E-state index in [0.717, 1.165) is 0 Å². The first kappa shape index (κ1) is 14.9. The van der Waals surface area contributed by atoms with Crippen LogP contribution in [0, 0.1) is 17.5 Å². The molecule has 0 amide bonds. The van der Waals surface area contributed by atoms with Gasteiger partial charge < -0.3 is 4.74 Å². The van der Waals surface area contributed by atoms with Crippen molar-refractivity contribution in [1.82, 2.24) is 0 Å². The van der Waals surface area contributed by atoms with Crippen LogP contribution >= 0.6 is 15.9 Å². The van der Waals surface area contributed by atoms with E-state index in [4.69, 9.17) is 4.74 Å². The third-order valence-corrected chi connectivity index (χ3v) is 3.77. The van der Waals surface area contributed by atoms with Crippen molar-refractivity contribution in [1.29, 1.82) is 0 Å². The summed E-state index contributed by atoms with van der Waals surface area (Å²) in [5.41, 5.74) is 0.438. The number of hydrogen-bond donors (Lipinski definition) is 0. The lowest BCUT2D eigenvalue weighted by Crippen LogP contribution is -2.02. The molecule has 2 aromatic carbocycles. The van der Waals surface area contributed by atoms with E-state index in [1.54, 1.807) is 24.3 Å². The van der Waals surface area contributed by atoms with Crippen molar-refractivity contribution in [3.05, 3.63) is 65.0 Å². The maximum Gasteiger partial charge on any atom is 0.133 e. The molecule has 1 unspecified atom stereocenters. The highest BCUT2D eigenvalue weighted by atomic mass is 79.9. The molecule has 0 heterocycles. The second-order valence-corrected chi connectivity index (χ2v) is 5.06. The Morgan fingerprint density at radius 2 is 1.60 bits per heavy atom. The third kappa shape index (κ3) is 3.15. The number of halogens is 4. The molecule has 0 aromatic heterocycles. The summed E-state index contributed by atoms with van der Waals surface area (Å²) in [4.78, 5) is -0.696. The van der Waals surface area contributed by atoms with E-state index >= 15 is 0 Å². The molecule has 0 radical (unpaired) electrons. The van der Waals surface area contributed by atoms with Crippen molar-refractivity contribution < 1.29 is 17.9 Å². The van der Waals surface area contributed by atoms with Crippen LogP contribution in [0.15, 0.2) is 36.4 Å². The van der Waals surface area contributed by atoms with Gasteiger partial charge in [-0.3, -0.25) is 0 Å². The molecule has 0 bridgehead atoms. The molecule has 1 atom stereocenters. The Hall–Kier alpha value is -1.49. The van der Waals surface area contributed by atoms with Gasteiger partial charge in [-0.1, -0.05) is 28.1 Å². The Bertz CT molecular complexity index is 576. The van der Waals surface area contributed by atoms with Crippen LogP contribution in [0.2, 0.25) is 0 Å². The summed E-state index contributed by atoms with van der Waals surface area (Å²) in [5, 5.41) is 0. The molecular weight excluding hydrogens is 333 g/mol. The minimum absolute atomic E-state index is 0.212. The van der Waals surface area contributed by atoms with Gasteiger partial charge in [-0.2, -0.15) is 0 Å². The Kier molecular flexibility index (Phi) is 4.70. The summed E-state index contributed by atoms with van der Waals surface area (Å²) in [6.07, 6.45) is 0. The Balaban J connectivity index is 2.33. The number of alkyl halides is 1. The average Bonchev–Trinajstić information content (AvgIpc) is 2.38. The van der Waals surface area contributed by atoms with Crippen LogP contribution in [-0.2, 0) is 0 Å². The summed E-state index contributed by atoms with van der Waals surface area (Å²) in [6, 6.07) is 8.17. The van der Waals surface area contributed by atoms with E-state index in [-0.39, 0.29) is 5.56 Å². The fourth-order valence-corrected chi connectivity index (χ4v) is 2.60. The van der Waals surface area contributed by atoms with E-state index in [9.17, 15) is 13.2 Å². The predicted molar refractivity (Wildman–Crippen MR) is 74.7 cm³/mol. The lowest BCUT2D eigenvalue weighted by Gasteiger charge is -2.13. The maximum atomic E-state index is 13.7. The summed E-state index contributed by atoms with van der Waals surface area (Å²) in [5.74, 6) is -2.09. The van der Waals surface area contributed by atoms with Crippen molar-refractivity contribution in [2.45, 2.75) is 11.8 Å². The van der Waals surface area contributed by atoms with Crippen molar-refractivity contribution in [2.24, 2.45) is 0 Å². The summed E-state index contributed by atoms with van der Waals surface area (Å²) >= 11 is 3.24. The number of hydrogen-bond acceptors (Lipinski definition) is 1. The average molecular weight is 345 g/mol. The topological polar surface area (TPSA) is 9.23 Å². The van der Waals surface area contributed by atoms with Gasteiger partial charge in [0.2, 0.25) is 0 Å². The van der Waals surface area contributed by atoms with E-state index < -0.39 is 22.3 Å². The van der Waals surface area contributed by atoms with Crippen molar-refractivity contribution in [3.8, 4) is 5.75 Å². The zero-order chi connectivity index (χ0) is 14.7. The molecule has 0 saturated heterocycles. The van der Waals surface area contributed by atoms with Crippen molar-refractivity contribution in [3.63, 3.8) is 0 Å². The molecule has 0 N–H and O–H groups in total. The standard InChI is InChI=1S/C15H12BrF3O/c1-2-20-11-5-3-9(4-6-11)15(16)14-12(18)7-10(17)8-13(14)19/h3-8,15H,2H2,1H3. The van der Waals surface area contributed by atoms with E-state index in [1.165, 1.54) is 0 Å². The van der Waals surface area contributed by atoms with Crippen molar-refractivity contribution in [2.75, 3.05) is 6.61 Å². The van der Waals surface area contributed by atoms with Gasteiger partial charge in [0.1, 0.15) is 23.2 Å². The van der Waals surface area contributed by atoms with Gasteiger partial charge in [0.05, 0.1) is 11.4 Å². The lowest BCUT2D eigenvalue weighted by molar-refractivity contribution is 0.340. The Labute approximate surface area is 123 Å². The number of ether oxygens (including phenoxy) is 1. The largest absolute Gasteiger partial charge is 0.494 e. The molecule has 2 aromatic rings. The van der Waals surface area contributed by atoms with Crippen LogP contribution in [0.5, 0.6) is 5.75 Å². The molecular formula is C15H12BrF3O. The minimum Gasteiger partial charge on any atom is -0.494 e. The predicted octanol–water partition coefficient (Wildman–Crippen LogP) is 4.99. The highest BCUT2D eigenvalue weighted by Gasteiger charge is 2.20. The van der Waals surface area contributed by atoms with Crippen LogP contribution in [0.3, 0.4) is 0 Å². The second-order valence-electron chi connectivity index (χ2n) is 4.15. The molecule has 1 nitrogen and oxygen atoms in total. The molecule has 0 spiro atoms. The molecule has 5 heteroatoms. The monoisotopic (exact) mass is 344 g/mol. The van der Waals surface area contributed by atoms with Crippen LogP contribution in [-0.4, -0.2) is 6.61 Å². The fraction of sp³-hybridized carbons (Fsp3) is 0.200. The smallest absolute Gasteiger partial charge is 0.133 e. The van der Waals surface area contributed by atoms with Gasteiger partial charge in [0.25, 0.3) is 0 Å². The zero-order valence-corrected chi connectivity index (χ0v) is 12.3. The SMILES string of the molecule is CCOc1ccc(C(Br)c2c(F)cc(F)cc2F)cc1. The van der Waals surface area contributed by atoms with E-state index in [1.807, 2.05) is 6.92 Å². The summed E-state index contributed by atoms with van der Waals surface area (Å²) in [6.45, 7) is 2.41. The molecule has 2 rings (SSSR count). The first-order valence-corrected chi connectivity index (χ1v) is 6.95. The third-order valence-electron chi connectivity index (χ3n) is 2.78. The van der Waals surface area contributed by atoms with E-state index in [0.29, 0.717) is 30.1 Å². The molecule has 0 aliphatic carbocycles. The second kappa shape index (κ2) is 6.31. The first-order valence-electron chi connectivity index (χ1n) is 6.04. The highest BCUT2D eigenvalue weighted by molar-refractivity contribution is 9.09. The first-order chi connectivity index (χ1) is 9.52. The van der Waals surface area contributed by atoms with Crippen LogP contribution in [0.4, 0.5) is 13.2 Å². The molecule has 0 aliphatic rings. The van der Waals surface area contributed by atoms with Gasteiger partial charge in [-0.15, -0.1) is 0 Å². The minimum atomic E-state index is -0.935. The molecule has 106 valence electrons. The highest BCUT2D eigenvalue weighted by Crippen LogP contribution is 2.35. The number of benzene rings is 2. The molecule has 0 saturated carbocycles. The lowest BCUT2D eigenvalue weighted by atomic mass is 10.0. The van der Waals surface area contributed by atoms with Gasteiger partial charge in [0, 0.05) is 17.7 Å². The number of rotatable bonds is 4. The fourth-order valence-electron chi connectivity index (χ4n) is 1.86. The van der Waals surface area contributed by atoms with Crippen LogP contribution in [0.25, 0.3) is 0 Å². The van der Waals surface area contributed by atoms with Gasteiger partial charge in [0.15, 0.2) is 0 Å². The zero-order valence-electron chi connectivity index (χ0n) is 10.7.